The van der Waals surface area contributed by atoms with Gasteiger partial charge in [-0.1, -0.05) is 58.9 Å². The summed E-state index contributed by atoms with van der Waals surface area (Å²) in [6.07, 6.45) is 0.629. The predicted octanol–water partition coefficient (Wildman–Crippen LogP) is 6.25. The summed E-state index contributed by atoms with van der Waals surface area (Å²) in [5.74, 6) is -0.237. The number of halogens is 1. The summed E-state index contributed by atoms with van der Waals surface area (Å²) in [7, 11) is 0. The highest BCUT2D eigenvalue weighted by atomic mass is 79.9. The molecule has 0 amide bonds. The molecule has 3 aromatic carbocycles. The first-order valence-electron chi connectivity index (χ1n) is 10.0. The van der Waals surface area contributed by atoms with Crippen LogP contribution >= 0.6 is 27.7 Å². The van der Waals surface area contributed by atoms with E-state index >= 15 is 0 Å². The Bertz CT molecular complexity index is 1330. The van der Waals surface area contributed by atoms with Crippen molar-refractivity contribution in [2.24, 2.45) is 0 Å². The van der Waals surface area contributed by atoms with Gasteiger partial charge in [0.1, 0.15) is 5.25 Å². The zero-order valence-corrected chi connectivity index (χ0v) is 19.5. The second-order valence-electron chi connectivity index (χ2n) is 6.92. The lowest BCUT2D eigenvalue weighted by Gasteiger charge is -2.16. The van der Waals surface area contributed by atoms with E-state index in [4.69, 9.17) is 9.72 Å². The van der Waals surface area contributed by atoms with Crippen molar-refractivity contribution in [1.82, 2.24) is 9.55 Å². The van der Waals surface area contributed by atoms with Gasteiger partial charge in [-0.05, 0) is 43.7 Å². The topological polar surface area (TPSA) is 67.9 Å². The number of fused-ring (bicyclic) bond motifs is 2. The number of nitrogens with zero attached hydrogens (tertiary/aromatic N) is 3. The molecule has 4 rings (SSSR count). The third-order valence-electron chi connectivity index (χ3n) is 5.02. The number of imidazole rings is 1. The van der Waals surface area contributed by atoms with Gasteiger partial charge in [0, 0.05) is 15.2 Å². The fourth-order valence-corrected chi connectivity index (χ4v) is 4.97. The van der Waals surface area contributed by atoms with Gasteiger partial charge in [0.15, 0.2) is 5.16 Å². The van der Waals surface area contributed by atoms with E-state index in [0.717, 1.165) is 32.0 Å². The molecule has 0 fully saturated rings. The van der Waals surface area contributed by atoms with Crippen LogP contribution in [0.4, 0.5) is 0 Å². The van der Waals surface area contributed by atoms with Crippen LogP contribution < -0.4 is 0 Å². The Balaban J connectivity index is 1.96. The lowest BCUT2D eigenvalue weighted by atomic mass is 10.0. The van der Waals surface area contributed by atoms with E-state index in [2.05, 4.69) is 26.6 Å². The Morgan fingerprint density at radius 2 is 1.97 bits per heavy atom. The first kappa shape index (κ1) is 21.4. The maximum atomic E-state index is 12.5. The summed E-state index contributed by atoms with van der Waals surface area (Å²) in [4.78, 5) is 17.3. The van der Waals surface area contributed by atoms with Crippen LogP contribution in [0.2, 0.25) is 0 Å². The molecule has 1 atom stereocenters. The lowest BCUT2D eigenvalue weighted by Crippen LogP contribution is -2.20. The van der Waals surface area contributed by atoms with Crippen LogP contribution in [-0.4, -0.2) is 27.4 Å². The average molecular weight is 494 g/mol. The second kappa shape index (κ2) is 9.13. The molecular formula is C24H20BrN3O2S. The molecule has 4 aromatic rings. The Morgan fingerprint density at radius 3 is 2.68 bits per heavy atom. The van der Waals surface area contributed by atoms with Crippen LogP contribution in [0.5, 0.6) is 0 Å². The minimum atomic E-state index is -0.358. The molecule has 0 N–H and O–H groups in total. The second-order valence-corrected chi connectivity index (χ2v) is 9.00. The predicted molar refractivity (Wildman–Crippen MR) is 128 cm³/mol. The third-order valence-corrected chi connectivity index (χ3v) is 6.80. The van der Waals surface area contributed by atoms with Gasteiger partial charge in [-0.2, -0.15) is 5.26 Å². The van der Waals surface area contributed by atoms with Crippen molar-refractivity contribution in [3.05, 3.63) is 64.6 Å². The van der Waals surface area contributed by atoms with Crippen molar-refractivity contribution in [1.29, 1.82) is 5.26 Å². The summed E-state index contributed by atoms with van der Waals surface area (Å²) < 4.78 is 8.27. The summed E-state index contributed by atoms with van der Waals surface area (Å²) >= 11 is 4.93. The first-order valence-corrected chi connectivity index (χ1v) is 11.7. The Hall–Kier alpha value is -2.82. The summed E-state index contributed by atoms with van der Waals surface area (Å²) in [5.41, 5.74) is 3.29. The summed E-state index contributed by atoms with van der Waals surface area (Å²) in [5, 5.41) is 11.7. The zero-order chi connectivity index (χ0) is 22.0. The Kier molecular flexibility index (Phi) is 6.30. The SMILES string of the molecule is CCOC(=O)C(CC)Sc1nc2cc(Br)ccc2n1-c1ccc(C#N)c2ccccc12. The lowest BCUT2D eigenvalue weighted by molar-refractivity contribution is -0.142. The van der Waals surface area contributed by atoms with Crippen LogP contribution in [-0.2, 0) is 9.53 Å². The van der Waals surface area contributed by atoms with Gasteiger partial charge in [-0.3, -0.25) is 9.36 Å². The van der Waals surface area contributed by atoms with Crippen molar-refractivity contribution in [3.63, 3.8) is 0 Å². The minimum Gasteiger partial charge on any atom is -0.465 e. The molecule has 1 unspecified atom stereocenters. The number of esters is 1. The van der Waals surface area contributed by atoms with Gasteiger partial charge in [-0.25, -0.2) is 4.98 Å². The molecule has 0 saturated heterocycles. The average Bonchev–Trinajstić information content (AvgIpc) is 3.13. The maximum Gasteiger partial charge on any atom is 0.319 e. The molecule has 0 bridgehead atoms. The van der Waals surface area contributed by atoms with Crippen LogP contribution in [0, 0.1) is 11.3 Å². The van der Waals surface area contributed by atoms with Crippen molar-refractivity contribution in [2.75, 3.05) is 6.61 Å². The number of aromatic nitrogens is 2. The van der Waals surface area contributed by atoms with E-state index in [1.165, 1.54) is 11.8 Å². The van der Waals surface area contributed by atoms with Crippen LogP contribution in [0.3, 0.4) is 0 Å². The van der Waals surface area contributed by atoms with Crippen molar-refractivity contribution in [3.8, 4) is 11.8 Å². The molecule has 7 heteroatoms. The van der Waals surface area contributed by atoms with E-state index in [1.807, 2.05) is 68.4 Å². The van der Waals surface area contributed by atoms with Crippen LogP contribution in [0.25, 0.3) is 27.5 Å². The number of hydrogen-bond donors (Lipinski definition) is 0. The number of benzene rings is 3. The number of carbonyl (C=O) groups excluding carboxylic acids is 1. The molecule has 5 nitrogen and oxygen atoms in total. The van der Waals surface area contributed by atoms with Crippen molar-refractivity contribution < 1.29 is 9.53 Å². The number of rotatable bonds is 6. The largest absolute Gasteiger partial charge is 0.465 e. The number of carbonyl (C=O) groups is 1. The number of thioether (sulfide) groups is 1. The smallest absolute Gasteiger partial charge is 0.319 e. The number of ether oxygens (including phenoxy) is 1. The van der Waals surface area contributed by atoms with E-state index in [-0.39, 0.29) is 11.2 Å². The quantitative estimate of drug-likeness (QED) is 0.234. The van der Waals surface area contributed by atoms with E-state index < -0.39 is 0 Å². The van der Waals surface area contributed by atoms with Crippen LogP contribution in [0.15, 0.2) is 64.2 Å². The van der Waals surface area contributed by atoms with Gasteiger partial charge < -0.3 is 4.74 Å². The third kappa shape index (κ3) is 4.06. The van der Waals surface area contributed by atoms with Crippen molar-refractivity contribution in [2.45, 2.75) is 30.7 Å². The highest BCUT2D eigenvalue weighted by molar-refractivity contribution is 9.10. The van der Waals surface area contributed by atoms with Gasteiger partial charge in [-0.15, -0.1) is 0 Å². The maximum absolute atomic E-state index is 12.5. The molecule has 31 heavy (non-hydrogen) atoms. The first-order chi connectivity index (χ1) is 15.1. The minimum absolute atomic E-state index is 0.237. The molecule has 1 aromatic heterocycles. The molecule has 0 spiro atoms. The Labute approximate surface area is 193 Å². The van der Waals surface area contributed by atoms with E-state index in [0.29, 0.717) is 23.7 Å². The van der Waals surface area contributed by atoms with Gasteiger partial charge >= 0.3 is 5.97 Å². The number of hydrogen-bond acceptors (Lipinski definition) is 5. The molecule has 0 aliphatic rings. The molecule has 0 aliphatic heterocycles. The molecule has 0 radical (unpaired) electrons. The normalized spacial score (nSPS) is 12.1. The monoisotopic (exact) mass is 493 g/mol. The molecular weight excluding hydrogens is 474 g/mol. The summed E-state index contributed by atoms with van der Waals surface area (Å²) in [6.45, 7) is 4.12. The molecule has 1 heterocycles. The van der Waals surface area contributed by atoms with Crippen LogP contribution in [0.1, 0.15) is 25.8 Å². The summed E-state index contributed by atoms with van der Waals surface area (Å²) in [6, 6.07) is 19.9. The highest BCUT2D eigenvalue weighted by Crippen LogP contribution is 2.36. The zero-order valence-electron chi connectivity index (χ0n) is 17.1. The van der Waals surface area contributed by atoms with Gasteiger partial charge in [0.25, 0.3) is 0 Å². The van der Waals surface area contributed by atoms with E-state index in [9.17, 15) is 10.1 Å². The van der Waals surface area contributed by atoms with E-state index in [1.54, 1.807) is 0 Å². The molecule has 0 saturated carbocycles. The fourth-order valence-electron chi connectivity index (χ4n) is 3.58. The van der Waals surface area contributed by atoms with Gasteiger partial charge in [0.2, 0.25) is 0 Å². The standard InChI is InChI=1S/C24H20BrN3O2S/c1-3-22(23(29)30-4-2)31-24-27-19-13-16(25)10-12-21(19)28(24)20-11-9-15(14-26)17-7-5-6-8-18(17)20/h5-13,22H,3-4H2,1-2H3. The number of nitriles is 1. The molecule has 156 valence electrons. The Morgan fingerprint density at radius 1 is 1.19 bits per heavy atom. The fraction of sp³-hybridized carbons (Fsp3) is 0.208. The van der Waals surface area contributed by atoms with Gasteiger partial charge in [0.05, 0.1) is 35.0 Å². The van der Waals surface area contributed by atoms with Crippen molar-refractivity contribution >= 4 is 55.5 Å². The highest BCUT2D eigenvalue weighted by Gasteiger charge is 2.24. The molecule has 0 aliphatic carbocycles.